The van der Waals surface area contributed by atoms with Gasteiger partial charge in [0.2, 0.25) is 10.0 Å². The highest BCUT2D eigenvalue weighted by Gasteiger charge is 2.37. The maximum atomic E-state index is 11.6. The third-order valence-electron chi connectivity index (χ3n) is 3.40. The molecule has 0 aromatic carbocycles. The molecule has 2 heterocycles. The lowest BCUT2D eigenvalue weighted by Crippen LogP contribution is -2.45. The molecular formula is C13H21N3O3S. The van der Waals surface area contributed by atoms with E-state index in [2.05, 4.69) is 9.71 Å². The van der Waals surface area contributed by atoms with Gasteiger partial charge in [-0.15, -0.1) is 0 Å². The number of aromatic nitrogens is 1. The number of nitrogens with zero attached hydrogens (tertiary/aromatic N) is 2. The van der Waals surface area contributed by atoms with Crippen molar-refractivity contribution in [1.29, 1.82) is 0 Å². The summed E-state index contributed by atoms with van der Waals surface area (Å²) in [6, 6.07) is 5.61. The van der Waals surface area contributed by atoms with Gasteiger partial charge in [0, 0.05) is 25.8 Å². The van der Waals surface area contributed by atoms with Crippen molar-refractivity contribution >= 4 is 15.8 Å². The third-order valence-corrected chi connectivity index (χ3v) is 4.93. The van der Waals surface area contributed by atoms with Crippen molar-refractivity contribution in [2.24, 2.45) is 0 Å². The van der Waals surface area contributed by atoms with Gasteiger partial charge in [-0.05, 0) is 25.0 Å². The van der Waals surface area contributed by atoms with Gasteiger partial charge in [-0.1, -0.05) is 13.0 Å². The molecule has 6 nitrogen and oxygen atoms in total. The molecule has 1 unspecified atom stereocenters. The number of hydrogen-bond donors (Lipinski definition) is 2. The molecule has 0 saturated carbocycles. The van der Waals surface area contributed by atoms with Crippen LogP contribution in [0.1, 0.15) is 19.8 Å². The SMILES string of the molecule is CCCS(=O)(=O)NCC1(O)CCN(c2ccccn2)C1. The second-order valence-corrected chi connectivity index (χ2v) is 7.15. The number of nitrogens with one attached hydrogen (secondary N) is 1. The van der Waals surface area contributed by atoms with E-state index in [1.165, 1.54) is 0 Å². The molecule has 1 aromatic heterocycles. The Morgan fingerprint density at radius 1 is 1.50 bits per heavy atom. The minimum Gasteiger partial charge on any atom is -0.387 e. The zero-order chi connectivity index (χ0) is 14.6. The maximum Gasteiger partial charge on any atom is 0.211 e. The van der Waals surface area contributed by atoms with Crippen LogP contribution in [-0.4, -0.2) is 49.5 Å². The Kier molecular flexibility index (Phi) is 4.62. The van der Waals surface area contributed by atoms with E-state index in [9.17, 15) is 13.5 Å². The minimum atomic E-state index is -3.28. The van der Waals surface area contributed by atoms with Gasteiger partial charge >= 0.3 is 0 Å². The van der Waals surface area contributed by atoms with Crippen LogP contribution in [-0.2, 0) is 10.0 Å². The van der Waals surface area contributed by atoms with Gasteiger partial charge in [0.15, 0.2) is 0 Å². The molecule has 0 amide bonds. The molecule has 1 fully saturated rings. The Labute approximate surface area is 119 Å². The van der Waals surface area contributed by atoms with E-state index < -0.39 is 15.6 Å². The van der Waals surface area contributed by atoms with Gasteiger partial charge in [-0.3, -0.25) is 0 Å². The predicted octanol–water partition coefficient (Wildman–Crippen LogP) is 0.352. The average Bonchev–Trinajstić information content (AvgIpc) is 2.81. The number of β-amino-alcohol motifs (C(OH)–C–C–N with tert-alkyl or cyclic N) is 1. The number of rotatable bonds is 6. The first-order valence-corrected chi connectivity index (χ1v) is 8.45. The second-order valence-electron chi connectivity index (χ2n) is 5.22. The van der Waals surface area contributed by atoms with E-state index in [4.69, 9.17) is 0 Å². The fraction of sp³-hybridized carbons (Fsp3) is 0.615. The Hall–Kier alpha value is -1.18. The van der Waals surface area contributed by atoms with Gasteiger partial charge < -0.3 is 10.0 Å². The van der Waals surface area contributed by atoms with Crippen LogP contribution in [0, 0.1) is 0 Å². The van der Waals surface area contributed by atoms with Crippen LogP contribution in [0.5, 0.6) is 0 Å². The van der Waals surface area contributed by atoms with Gasteiger partial charge in [-0.2, -0.15) is 0 Å². The van der Waals surface area contributed by atoms with Crippen molar-refractivity contribution in [3.05, 3.63) is 24.4 Å². The molecule has 0 spiro atoms. The topological polar surface area (TPSA) is 82.5 Å². The summed E-state index contributed by atoms with van der Waals surface area (Å²) >= 11 is 0. The summed E-state index contributed by atoms with van der Waals surface area (Å²) in [5.74, 6) is 0.896. The lowest BCUT2D eigenvalue weighted by Gasteiger charge is -2.24. The van der Waals surface area contributed by atoms with E-state index in [0.717, 1.165) is 5.82 Å². The Morgan fingerprint density at radius 3 is 2.95 bits per heavy atom. The summed E-state index contributed by atoms with van der Waals surface area (Å²) in [6.07, 6.45) is 2.79. The zero-order valence-corrected chi connectivity index (χ0v) is 12.4. The highest BCUT2D eigenvalue weighted by Crippen LogP contribution is 2.24. The van der Waals surface area contributed by atoms with E-state index in [0.29, 0.717) is 25.9 Å². The van der Waals surface area contributed by atoms with Crippen molar-refractivity contribution in [3.63, 3.8) is 0 Å². The molecular weight excluding hydrogens is 278 g/mol. The van der Waals surface area contributed by atoms with Crippen molar-refractivity contribution in [3.8, 4) is 0 Å². The van der Waals surface area contributed by atoms with Crippen molar-refractivity contribution in [1.82, 2.24) is 9.71 Å². The molecule has 20 heavy (non-hydrogen) atoms. The van der Waals surface area contributed by atoms with Crippen LogP contribution in [0.25, 0.3) is 0 Å². The fourth-order valence-corrected chi connectivity index (χ4v) is 3.49. The molecule has 1 atom stereocenters. The number of anilines is 1. The molecule has 112 valence electrons. The lowest BCUT2D eigenvalue weighted by atomic mass is 10.0. The summed E-state index contributed by atoms with van der Waals surface area (Å²) in [5.41, 5.74) is -1.03. The first-order valence-electron chi connectivity index (χ1n) is 6.80. The van der Waals surface area contributed by atoms with Crippen LogP contribution < -0.4 is 9.62 Å². The minimum absolute atomic E-state index is 0.0542. The van der Waals surface area contributed by atoms with Crippen molar-refractivity contribution < 1.29 is 13.5 Å². The first-order chi connectivity index (χ1) is 9.44. The molecule has 1 saturated heterocycles. The van der Waals surface area contributed by atoms with E-state index in [-0.39, 0.29) is 12.3 Å². The molecule has 0 aliphatic carbocycles. The second kappa shape index (κ2) is 6.07. The van der Waals surface area contributed by atoms with E-state index in [1.807, 2.05) is 30.0 Å². The van der Waals surface area contributed by atoms with E-state index >= 15 is 0 Å². The smallest absolute Gasteiger partial charge is 0.211 e. The standard InChI is InChI=1S/C13H21N3O3S/c1-2-9-20(18,19)15-10-13(17)6-8-16(11-13)12-5-3-4-7-14-12/h3-5,7,15,17H,2,6,8-11H2,1H3. The summed E-state index contributed by atoms with van der Waals surface area (Å²) in [6.45, 7) is 2.92. The molecule has 2 N–H and O–H groups in total. The quantitative estimate of drug-likeness (QED) is 0.792. The zero-order valence-electron chi connectivity index (χ0n) is 11.6. The van der Waals surface area contributed by atoms with E-state index in [1.54, 1.807) is 6.20 Å². The van der Waals surface area contributed by atoms with Gasteiger partial charge in [0.25, 0.3) is 0 Å². The Balaban J connectivity index is 1.94. The molecule has 7 heteroatoms. The number of hydrogen-bond acceptors (Lipinski definition) is 5. The molecule has 1 aliphatic rings. The molecule has 1 aromatic rings. The molecule has 1 aliphatic heterocycles. The fourth-order valence-electron chi connectivity index (χ4n) is 2.32. The summed E-state index contributed by atoms with van der Waals surface area (Å²) in [5, 5.41) is 10.5. The van der Waals surface area contributed by atoms with Gasteiger partial charge in [0.05, 0.1) is 11.4 Å². The summed E-state index contributed by atoms with van der Waals surface area (Å²) in [4.78, 5) is 6.21. The van der Waals surface area contributed by atoms with Crippen molar-refractivity contribution in [2.45, 2.75) is 25.4 Å². The van der Waals surface area contributed by atoms with Gasteiger partial charge in [0.1, 0.15) is 5.82 Å². The maximum absolute atomic E-state index is 11.6. The molecule has 0 radical (unpaired) electrons. The Bertz CT molecular complexity index is 535. The third kappa shape index (κ3) is 3.91. The van der Waals surface area contributed by atoms with Crippen LogP contribution in [0.3, 0.4) is 0 Å². The summed E-state index contributed by atoms with van der Waals surface area (Å²) in [7, 11) is -3.28. The predicted molar refractivity (Wildman–Crippen MR) is 78.1 cm³/mol. The van der Waals surface area contributed by atoms with Crippen LogP contribution in [0.2, 0.25) is 0 Å². The number of aliphatic hydroxyl groups is 1. The van der Waals surface area contributed by atoms with Crippen LogP contribution in [0.4, 0.5) is 5.82 Å². The lowest BCUT2D eigenvalue weighted by molar-refractivity contribution is 0.0685. The highest BCUT2D eigenvalue weighted by atomic mass is 32.2. The monoisotopic (exact) mass is 299 g/mol. The van der Waals surface area contributed by atoms with Crippen LogP contribution >= 0.6 is 0 Å². The van der Waals surface area contributed by atoms with Crippen molar-refractivity contribution in [2.75, 3.05) is 30.3 Å². The largest absolute Gasteiger partial charge is 0.387 e. The Morgan fingerprint density at radius 2 is 2.30 bits per heavy atom. The normalized spacial score (nSPS) is 23.2. The summed E-state index contributed by atoms with van der Waals surface area (Å²) < 4.78 is 25.8. The molecule has 2 rings (SSSR count). The van der Waals surface area contributed by atoms with Gasteiger partial charge in [-0.25, -0.2) is 18.1 Å². The highest BCUT2D eigenvalue weighted by molar-refractivity contribution is 7.89. The first kappa shape index (κ1) is 15.2. The van der Waals surface area contributed by atoms with Crippen LogP contribution in [0.15, 0.2) is 24.4 Å². The number of pyridine rings is 1. The number of sulfonamides is 1. The molecule has 0 bridgehead atoms. The average molecular weight is 299 g/mol.